The Bertz CT molecular complexity index is 440. The van der Waals surface area contributed by atoms with Crippen molar-refractivity contribution in [1.82, 2.24) is 0 Å². The third-order valence-electron chi connectivity index (χ3n) is 1.68. The van der Waals surface area contributed by atoms with Gasteiger partial charge >= 0.3 is 6.18 Å². The average molecular weight is 235 g/mol. The first-order valence-electron chi connectivity index (χ1n) is 3.99. The van der Waals surface area contributed by atoms with Crippen LogP contribution < -0.4 is 0 Å². The van der Waals surface area contributed by atoms with Crippen LogP contribution in [-0.2, 0) is 6.18 Å². The Morgan fingerprint density at radius 1 is 1.31 bits per heavy atom. The first-order chi connectivity index (χ1) is 7.30. The SMILES string of the molecule is O=[N+]([O-])/C=C/c1ccc(F)c(C(F)(F)F)c1. The zero-order valence-corrected chi connectivity index (χ0v) is 7.66. The van der Waals surface area contributed by atoms with Crippen molar-refractivity contribution in [2.45, 2.75) is 6.18 Å². The van der Waals surface area contributed by atoms with E-state index in [0.717, 1.165) is 12.1 Å². The number of rotatable bonds is 2. The summed E-state index contributed by atoms with van der Waals surface area (Å²) < 4.78 is 49.5. The molecule has 0 saturated heterocycles. The lowest BCUT2D eigenvalue weighted by Crippen LogP contribution is -2.08. The minimum atomic E-state index is -4.82. The fourth-order valence-corrected chi connectivity index (χ4v) is 1.01. The fourth-order valence-electron chi connectivity index (χ4n) is 1.01. The van der Waals surface area contributed by atoms with E-state index in [1.54, 1.807) is 0 Å². The van der Waals surface area contributed by atoms with Crippen molar-refractivity contribution in [2.24, 2.45) is 0 Å². The van der Waals surface area contributed by atoms with Gasteiger partial charge in [0.15, 0.2) is 0 Å². The van der Waals surface area contributed by atoms with E-state index < -0.39 is 22.5 Å². The van der Waals surface area contributed by atoms with Crippen LogP contribution in [0.3, 0.4) is 0 Å². The number of nitrogens with zero attached hydrogens (tertiary/aromatic N) is 1. The Kier molecular flexibility index (Phi) is 3.26. The molecule has 0 saturated carbocycles. The summed E-state index contributed by atoms with van der Waals surface area (Å²) in [4.78, 5) is 9.12. The molecule has 0 bridgehead atoms. The Morgan fingerprint density at radius 3 is 2.44 bits per heavy atom. The highest BCUT2D eigenvalue weighted by atomic mass is 19.4. The van der Waals surface area contributed by atoms with E-state index in [4.69, 9.17) is 0 Å². The molecule has 3 nitrogen and oxygen atoms in total. The highest BCUT2D eigenvalue weighted by molar-refractivity contribution is 5.49. The van der Waals surface area contributed by atoms with Gasteiger partial charge in [-0.1, -0.05) is 6.07 Å². The smallest absolute Gasteiger partial charge is 0.259 e. The van der Waals surface area contributed by atoms with Crippen LogP contribution in [0.2, 0.25) is 0 Å². The molecule has 0 aromatic heterocycles. The first-order valence-corrected chi connectivity index (χ1v) is 3.99. The third kappa shape index (κ3) is 3.04. The standard InChI is InChI=1S/C9H5F4NO2/c10-8-2-1-6(3-4-14(15)16)5-7(8)9(11,12)13/h1-5H/b4-3+. The summed E-state index contributed by atoms with van der Waals surface area (Å²) in [7, 11) is 0. The molecule has 7 heteroatoms. The molecular weight excluding hydrogens is 230 g/mol. The number of alkyl halides is 3. The van der Waals surface area contributed by atoms with Crippen molar-refractivity contribution in [3.63, 3.8) is 0 Å². The van der Waals surface area contributed by atoms with E-state index in [-0.39, 0.29) is 5.56 Å². The van der Waals surface area contributed by atoms with Crippen molar-refractivity contribution < 1.29 is 22.5 Å². The van der Waals surface area contributed by atoms with Gasteiger partial charge in [-0.25, -0.2) is 4.39 Å². The zero-order chi connectivity index (χ0) is 12.3. The minimum absolute atomic E-state index is 0.0922. The Balaban J connectivity index is 3.13. The molecule has 0 atom stereocenters. The van der Waals surface area contributed by atoms with E-state index in [2.05, 4.69) is 0 Å². The van der Waals surface area contributed by atoms with Gasteiger partial charge in [0.2, 0.25) is 6.20 Å². The molecule has 0 spiro atoms. The predicted octanol–water partition coefficient (Wildman–Crippen LogP) is 3.09. The normalized spacial score (nSPS) is 12.0. The lowest BCUT2D eigenvalue weighted by Gasteiger charge is -2.07. The molecule has 0 aliphatic rings. The fraction of sp³-hybridized carbons (Fsp3) is 0.111. The zero-order valence-electron chi connectivity index (χ0n) is 7.66. The number of halogens is 4. The summed E-state index contributed by atoms with van der Waals surface area (Å²) in [5.74, 6) is -1.41. The van der Waals surface area contributed by atoms with Crippen molar-refractivity contribution in [1.29, 1.82) is 0 Å². The maximum atomic E-state index is 12.8. The molecule has 0 N–H and O–H groups in total. The second kappa shape index (κ2) is 4.30. The van der Waals surface area contributed by atoms with E-state index in [9.17, 15) is 27.7 Å². The van der Waals surface area contributed by atoms with E-state index in [1.807, 2.05) is 0 Å². The number of hydrogen-bond donors (Lipinski definition) is 0. The largest absolute Gasteiger partial charge is 0.419 e. The summed E-state index contributed by atoms with van der Waals surface area (Å²) >= 11 is 0. The number of nitro groups is 1. The van der Waals surface area contributed by atoms with Crippen LogP contribution in [0.1, 0.15) is 11.1 Å². The van der Waals surface area contributed by atoms with E-state index in [0.29, 0.717) is 18.3 Å². The molecule has 86 valence electrons. The van der Waals surface area contributed by atoms with Gasteiger partial charge in [-0.2, -0.15) is 13.2 Å². The highest BCUT2D eigenvalue weighted by Crippen LogP contribution is 2.32. The van der Waals surface area contributed by atoms with Gasteiger partial charge in [0.05, 0.1) is 10.5 Å². The van der Waals surface area contributed by atoms with Crippen LogP contribution in [0, 0.1) is 15.9 Å². The molecule has 0 heterocycles. The van der Waals surface area contributed by atoms with E-state index in [1.165, 1.54) is 0 Å². The Morgan fingerprint density at radius 2 is 1.94 bits per heavy atom. The molecule has 0 aliphatic heterocycles. The highest BCUT2D eigenvalue weighted by Gasteiger charge is 2.33. The predicted molar refractivity (Wildman–Crippen MR) is 47.4 cm³/mol. The second-order valence-corrected chi connectivity index (χ2v) is 2.84. The maximum absolute atomic E-state index is 12.8. The molecule has 0 radical (unpaired) electrons. The summed E-state index contributed by atoms with van der Waals surface area (Å²) in [6.45, 7) is 0. The lowest BCUT2D eigenvalue weighted by atomic mass is 10.1. The molecule has 1 rings (SSSR count). The molecule has 0 unspecified atom stereocenters. The van der Waals surface area contributed by atoms with Gasteiger partial charge in [0.25, 0.3) is 0 Å². The van der Waals surface area contributed by atoms with Crippen LogP contribution in [0.25, 0.3) is 6.08 Å². The van der Waals surface area contributed by atoms with Gasteiger partial charge in [-0.05, 0) is 17.7 Å². The molecule has 16 heavy (non-hydrogen) atoms. The molecule has 1 aromatic rings. The number of benzene rings is 1. The van der Waals surface area contributed by atoms with Crippen molar-refractivity contribution in [2.75, 3.05) is 0 Å². The number of hydrogen-bond acceptors (Lipinski definition) is 2. The average Bonchev–Trinajstić information content (AvgIpc) is 2.14. The van der Waals surface area contributed by atoms with Crippen molar-refractivity contribution in [3.05, 3.63) is 51.5 Å². The maximum Gasteiger partial charge on any atom is 0.419 e. The van der Waals surface area contributed by atoms with Gasteiger partial charge in [0.1, 0.15) is 5.82 Å². The summed E-state index contributed by atoms with van der Waals surface area (Å²) in [5.41, 5.74) is -1.54. The molecule has 1 aromatic carbocycles. The Hall–Kier alpha value is -1.92. The monoisotopic (exact) mass is 235 g/mol. The van der Waals surface area contributed by atoms with Gasteiger partial charge in [-0.3, -0.25) is 10.1 Å². The molecule has 0 aliphatic carbocycles. The Labute approximate surface area is 87.2 Å². The van der Waals surface area contributed by atoms with Crippen molar-refractivity contribution >= 4 is 6.08 Å². The summed E-state index contributed by atoms with van der Waals surface area (Å²) in [5, 5.41) is 9.94. The third-order valence-corrected chi connectivity index (χ3v) is 1.68. The summed E-state index contributed by atoms with van der Waals surface area (Å²) in [6, 6.07) is 2.14. The topological polar surface area (TPSA) is 43.1 Å². The van der Waals surface area contributed by atoms with E-state index >= 15 is 0 Å². The van der Waals surface area contributed by atoms with Gasteiger partial charge in [0, 0.05) is 6.08 Å². The van der Waals surface area contributed by atoms with Crippen LogP contribution in [-0.4, -0.2) is 4.92 Å². The quantitative estimate of drug-likeness (QED) is 0.449. The molecular formula is C9H5F4NO2. The van der Waals surface area contributed by atoms with Crippen LogP contribution in [0.4, 0.5) is 17.6 Å². The van der Waals surface area contributed by atoms with Crippen LogP contribution >= 0.6 is 0 Å². The van der Waals surface area contributed by atoms with Gasteiger partial charge in [-0.15, -0.1) is 0 Å². The van der Waals surface area contributed by atoms with Gasteiger partial charge < -0.3 is 0 Å². The minimum Gasteiger partial charge on any atom is -0.259 e. The van der Waals surface area contributed by atoms with Crippen LogP contribution in [0.5, 0.6) is 0 Å². The van der Waals surface area contributed by atoms with Crippen LogP contribution in [0.15, 0.2) is 24.4 Å². The van der Waals surface area contributed by atoms with Crippen molar-refractivity contribution in [3.8, 4) is 0 Å². The first kappa shape index (κ1) is 12.2. The molecule has 0 fully saturated rings. The lowest BCUT2D eigenvalue weighted by molar-refractivity contribution is -0.400. The summed E-state index contributed by atoms with van der Waals surface area (Å²) in [6.07, 6.45) is -3.48. The molecule has 0 amide bonds. The second-order valence-electron chi connectivity index (χ2n) is 2.84.